The van der Waals surface area contributed by atoms with Gasteiger partial charge in [-0.3, -0.25) is 24.0 Å². The second-order valence-corrected chi connectivity index (χ2v) is 9.26. The van der Waals surface area contributed by atoms with E-state index in [0.717, 1.165) is 0 Å². The molecule has 3 heterocycles. The molecule has 2 bridgehead atoms. The van der Waals surface area contributed by atoms with Crippen LogP contribution in [-0.4, -0.2) is 97.9 Å². The molecule has 5 amide bonds. The van der Waals surface area contributed by atoms with Gasteiger partial charge in [0.15, 0.2) is 11.5 Å². The van der Waals surface area contributed by atoms with Gasteiger partial charge in [-0.25, -0.2) is 0 Å². The van der Waals surface area contributed by atoms with Gasteiger partial charge in [-0.2, -0.15) is 0 Å². The molecule has 0 aliphatic carbocycles. The van der Waals surface area contributed by atoms with Gasteiger partial charge >= 0.3 is 0 Å². The Hall–Kier alpha value is -3.83. The van der Waals surface area contributed by atoms with E-state index < -0.39 is 18.0 Å². The quantitative estimate of drug-likeness (QED) is 0.457. The van der Waals surface area contributed by atoms with Crippen LogP contribution in [0.25, 0.3) is 0 Å². The van der Waals surface area contributed by atoms with E-state index in [1.54, 1.807) is 26.0 Å². The smallest absolute Gasteiger partial charge is 0.252 e. The highest BCUT2D eigenvalue weighted by molar-refractivity contribution is 5.98. The van der Waals surface area contributed by atoms with Crippen LogP contribution in [-0.2, 0) is 19.2 Å². The minimum absolute atomic E-state index is 0.101. The van der Waals surface area contributed by atoms with Gasteiger partial charge in [0.2, 0.25) is 23.6 Å². The molecule has 1 fully saturated rings. The lowest BCUT2D eigenvalue weighted by atomic mass is 10.1. The first kappa shape index (κ1) is 28.7. The number of nitrogens with one attached hydrogen (secondary N) is 3. The van der Waals surface area contributed by atoms with Gasteiger partial charge in [0, 0.05) is 31.6 Å². The van der Waals surface area contributed by atoms with Crippen molar-refractivity contribution in [3.05, 3.63) is 23.8 Å². The van der Waals surface area contributed by atoms with E-state index in [2.05, 4.69) is 16.0 Å². The third-order valence-electron chi connectivity index (χ3n) is 6.56. The first-order chi connectivity index (χ1) is 18.2. The highest BCUT2D eigenvalue weighted by Gasteiger charge is 2.36. The summed E-state index contributed by atoms with van der Waals surface area (Å²) in [6.45, 7) is 4.58. The average molecular weight is 532 g/mol. The molecule has 3 aliphatic rings. The van der Waals surface area contributed by atoms with Crippen molar-refractivity contribution in [2.75, 3.05) is 46.4 Å². The molecule has 0 aromatic heterocycles. The first-order valence-corrected chi connectivity index (χ1v) is 13.0. The Morgan fingerprint density at radius 3 is 2.63 bits per heavy atom. The lowest BCUT2D eigenvalue weighted by molar-refractivity contribution is -0.139. The summed E-state index contributed by atoms with van der Waals surface area (Å²) < 4.78 is 11.1. The van der Waals surface area contributed by atoms with E-state index in [0.29, 0.717) is 50.4 Å². The van der Waals surface area contributed by atoms with Gasteiger partial charge in [0.25, 0.3) is 5.91 Å². The third-order valence-corrected chi connectivity index (χ3v) is 6.56. The predicted octanol–water partition coefficient (Wildman–Crippen LogP) is 0.0580. The predicted molar refractivity (Wildman–Crippen MR) is 138 cm³/mol. The fourth-order valence-electron chi connectivity index (χ4n) is 4.52. The monoisotopic (exact) mass is 531 g/mol. The number of hydrogen-bond acceptors (Lipinski definition) is 7. The topological polar surface area (TPSA) is 146 Å². The first-order valence-electron chi connectivity index (χ1n) is 13.0. The summed E-state index contributed by atoms with van der Waals surface area (Å²) in [6, 6.07) is 3.17. The number of carbonyl (C=O) groups excluding carboxylic acids is 5. The van der Waals surface area contributed by atoms with Crippen molar-refractivity contribution < 1.29 is 33.4 Å². The Bertz CT molecular complexity index is 1050. The molecular formula is C26H37N5O7. The summed E-state index contributed by atoms with van der Waals surface area (Å²) in [5, 5.41) is 8.29. The maximum atomic E-state index is 13.1. The van der Waals surface area contributed by atoms with Gasteiger partial charge in [-0.1, -0.05) is 6.92 Å². The molecule has 1 aromatic carbocycles. The van der Waals surface area contributed by atoms with Crippen LogP contribution in [0.4, 0.5) is 0 Å². The Kier molecular flexibility index (Phi) is 10.3. The minimum Gasteiger partial charge on any atom is -0.493 e. The van der Waals surface area contributed by atoms with Crippen molar-refractivity contribution in [2.24, 2.45) is 0 Å². The van der Waals surface area contributed by atoms with E-state index in [9.17, 15) is 24.0 Å². The fraction of sp³-hybridized carbons (Fsp3) is 0.577. The van der Waals surface area contributed by atoms with Crippen LogP contribution < -0.4 is 25.4 Å². The van der Waals surface area contributed by atoms with Gasteiger partial charge in [-0.15, -0.1) is 0 Å². The number of rotatable bonds is 2. The molecular weight excluding hydrogens is 494 g/mol. The lowest BCUT2D eigenvalue weighted by Crippen LogP contribution is -2.52. The molecule has 0 spiro atoms. The van der Waals surface area contributed by atoms with E-state index in [-0.39, 0.29) is 55.3 Å². The van der Waals surface area contributed by atoms with E-state index in [1.165, 1.54) is 23.0 Å². The number of ether oxygens (including phenoxy) is 2. The molecule has 3 N–H and O–H groups in total. The standard InChI is InChI=1S/C26H37N5O7/c1-4-23(33)30-12-6-10-28-25(35)19-7-5-13-31(19)26(36)17(2)29-24(34)18-8-9-20(21(15-18)37-3)38-14-11-27-22(32)16-30/h8-9,15,17,19H,4-7,10-14,16H2,1-3H3,(H,27,32)(H,28,35)(H,29,34)/t17-,19+/m0/s1. The largest absolute Gasteiger partial charge is 0.493 e. The zero-order valence-electron chi connectivity index (χ0n) is 22.2. The second-order valence-electron chi connectivity index (χ2n) is 9.26. The van der Waals surface area contributed by atoms with Crippen LogP contribution in [0.1, 0.15) is 49.9 Å². The zero-order chi connectivity index (χ0) is 27.7. The van der Waals surface area contributed by atoms with Crippen LogP contribution in [0.15, 0.2) is 18.2 Å². The molecule has 1 saturated heterocycles. The Morgan fingerprint density at radius 2 is 1.89 bits per heavy atom. The maximum absolute atomic E-state index is 13.1. The number of hydrogen-bond donors (Lipinski definition) is 3. The summed E-state index contributed by atoms with van der Waals surface area (Å²) in [6.07, 6.45) is 1.91. The second kappa shape index (κ2) is 13.6. The van der Waals surface area contributed by atoms with Crippen LogP contribution in [0.3, 0.4) is 0 Å². The normalized spacial score (nSPS) is 22.3. The van der Waals surface area contributed by atoms with Crippen LogP contribution in [0, 0.1) is 0 Å². The SMILES string of the molecule is CCC(=O)N1CCCNC(=O)[C@H]2CCCN2C(=O)[C@H](C)NC(=O)c2ccc(c(OC)c2)OCCNC(=O)C1. The molecule has 38 heavy (non-hydrogen) atoms. The fourth-order valence-corrected chi connectivity index (χ4v) is 4.52. The Morgan fingerprint density at radius 1 is 1.11 bits per heavy atom. The summed E-state index contributed by atoms with van der Waals surface area (Å²) in [5.41, 5.74) is 0.278. The van der Waals surface area contributed by atoms with Gasteiger partial charge in [0.1, 0.15) is 18.7 Å². The Labute approximate surface area is 222 Å². The number of methoxy groups -OCH3 is 1. The van der Waals surface area contributed by atoms with E-state index in [1.807, 2.05) is 0 Å². The minimum atomic E-state index is -0.840. The number of amides is 5. The van der Waals surface area contributed by atoms with Crippen molar-refractivity contribution >= 4 is 29.5 Å². The Balaban J connectivity index is 1.79. The van der Waals surface area contributed by atoms with E-state index in [4.69, 9.17) is 9.47 Å². The molecule has 208 valence electrons. The summed E-state index contributed by atoms with van der Waals surface area (Å²) in [4.78, 5) is 66.6. The molecule has 3 aliphatic heterocycles. The molecule has 12 nitrogen and oxygen atoms in total. The van der Waals surface area contributed by atoms with Crippen LogP contribution in [0.5, 0.6) is 11.5 Å². The lowest BCUT2D eigenvalue weighted by Gasteiger charge is -2.27. The summed E-state index contributed by atoms with van der Waals surface area (Å²) in [7, 11) is 1.44. The van der Waals surface area contributed by atoms with E-state index >= 15 is 0 Å². The van der Waals surface area contributed by atoms with Gasteiger partial charge in [0.05, 0.1) is 20.2 Å². The van der Waals surface area contributed by atoms with Crippen molar-refractivity contribution in [2.45, 2.75) is 51.6 Å². The molecule has 2 atom stereocenters. The molecule has 1 aromatic rings. The summed E-state index contributed by atoms with van der Waals surface area (Å²) in [5.74, 6) is -0.852. The highest BCUT2D eigenvalue weighted by Crippen LogP contribution is 2.28. The zero-order valence-corrected chi connectivity index (χ0v) is 22.2. The molecule has 0 saturated carbocycles. The van der Waals surface area contributed by atoms with Crippen LogP contribution >= 0.6 is 0 Å². The third kappa shape index (κ3) is 7.36. The average Bonchev–Trinajstić information content (AvgIpc) is 3.41. The molecule has 0 radical (unpaired) electrons. The maximum Gasteiger partial charge on any atom is 0.252 e. The van der Waals surface area contributed by atoms with Crippen molar-refractivity contribution in [1.82, 2.24) is 25.8 Å². The molecule has 0 unspecified atom stereocenters. The molecule has 4 rings (SSSR count). The number of fused-ring (bicyclic) bond motifs is 16. The van der Waals surface area contributed by atoms with Gasteiger partial charge in [-0.05, 0) is 44.4 Å². The molecule has 12 heteroatoms. The van der Waals surface area contributed by atoms with Crippen molar-refractivity contribution in [3.63, 3.8) is 0 Å². The number of nitrogens with zero attached hydrogens (tertiary/aromatic N) is 2. The van der Waals surface area contributed by atoms with Gasteiger partial charge < -0.3 is 35.2 Å². The number of benzene rings is 1. The van der Waals surface area contributed by atoms with Crippen molar-refractivity contribution in [1.29, 1.82) is 0 Å². The number of carbonyl (C=O) groups is 5. The van der Waals surface area contributed by atoms with Crippen LogP contribution in [0.2, 0.25) is 0 Å². The highest BCUT2D eigenvalue weighted by atomic mass is 16.5. The summed E-state index contributed by atoms with van der Waals surface area (Å²) >= 11 is 0. The van der Waals surface area contributed by atoms with Crippen molar-refractivity contribution in [3.8, 4) is 11.5 Å².